The molecule has 0 radical (unpaired) electrons. The van der Waals surface area contributed by atoms with Gasteiger partial charge in [-0.1, -0.05) is 25.3 Å². The van der Waals surface area contributed by atoms with Gasteiger partial charge in [-0.15, -0.1) is 0 Å². The fraction of sp³-hybridized carbons (Fsp3) is 0.0833. The Bertz CT molecular complexity index is 446. The predicted molar refractivity (Wildman–Crippen MR) is 59.4 cm³/mol. The summed E-state index contributed by atoms with van der Waals surface area (Å²) in [7, 11) is 1.63. The number of allylic oxidation sites excluding steroid dienone is 2. The average molecular weight is 187 g/mol. The van der Waals surface area contributed by atoms with Crippen LogP contribution in [0.3, 0.4) is 0 Å². The lowest BCUT2D eigenvalue weighted by atomic mass is 10.3. The Morgan fingerprint density at radius 3 is 2.57 bits per heavy atom. The molecule has 2 heteroatoms. The number of ether oxygens (including phenoxy) is 1. The molecule has 0 aliphatic heterocycles. The molecule has 0 amide bonds. The molecule has 0 bridgehead atoms. The van der Waals surface area contributed by atoms with E-state index in [9.17, 15) is 0 Å². The standard InChI is InChI=1S/C12H13NO/c1-4-6-10-11(7-5-2)13-9-8-12(10)14-3/h4-9H,1-2H2,3H3/b10-6+,11-7+. The summed E-state index contributed by atoms with van der Waals surface area (Å²) >= 11 is 0. The van der Waals surface area contributed by atoms with Crippen LogP contribution in [0.5, 0.6) is 5.75 Å². The van der Waals surface area contributed by atoms with E-state index in [0.29, 0.717) is 0 Å². The second-order valence-electron chi connectivity index (χ2n) is 2.62. The number of methoxy groups -OCH3 is 1. The van der Waals surface area contributed by atoms with Gasteiger partial charge in [0.15, 0.2) is 0 Å². The molecular weight excluding hydrogens is 174 g/mol. The van der Waals surface area contributed by atoms with Crippen LogP contribution < -0.4 is 15.3 Å². The molecular formula is C12H13NO. The zero-order valence-corrected chi connectivity index (χ0v) is 8.23. The number of rotatable bonds is 3. The molecule has 1 aromatic rings. The van der Waals surface area contributed by atoms with Crippen molar-refractivity contribution in [1.82, 2.24) is 4.98 Å². The summed E-state index contributed by atoms with van der Waals surface area (Å²) in [5, 5.41) is 1.75. The molecule has 72 valence electrons. The van der Waals surface area contributed by atoms with Crippen LogP contribution in [-0.4, -0.2) is 12.1 Å². The summed E-state index contributed by atoms with van der Waals surface area (Å²) in [6, 6.07) is 1.82. The van der Waals surface area contributed by atoms with Gasteiger partial charge in [-0.25, -0.2) is 0 Å². The zero-order valence-electron chi connectivity index (χ0n) is 8.23. The van der Waals surface area contributed by atoms with Gasteiger partial charge in [0, 0.05) is 11.4 Å². The van der Waals surface area contributed by atoms with Crippen LogP contribution in [0.2, 0.25) is 0 Å². The molecule has 0 N–H and O–H groups in total. The molecule has 1 rings (SSSR count). The van der Waals surface area contributed by atoms with Crippen molar-refractivity contribution in [3.05, 3.63) is 48.1 Å². The van der Waals surface area contributed by atoms with Gasteiger partial charge in [0.2, 0.25) is 0 Å². The van der Waals surface area contributed by atoms with Crippen LogP contribution >= 0.6 is 0 Å². The Hall–Kier alpha value is -1.83. The maximum Gasteiger partial charge on any atom is 0.129 e. The van der Waals surface area contributed by atoms with Crippen molar-refractivity contribution in [2.24, 2.45) is 0 Å². The first-order valence-electron chi connectivity index (χ1n) is 4.28. The van der Waals surface area contributed by atoms with Crippen LogP contribution in [0.25, 0.3) is 12.2 Å². The smallest absolute Gasteiger partial charge is 0.129 e. The lowest BCUT2D eigenvalue weighted by Crippen LogP contribution is -2.28. The number of pyridine rings is 1. The summed E-state index contributed by atoms with van der Waals surface area (Å²) in [6.07, 6.45) is 8.80. The van der Waals surface area contributed by atoms with Crippen LogP contribution in [-0.2, 0) is 0 Å². The van der Waals surface area contributed by atoms with Gasteiger partial charge >= 0.3 is 0 Å². The molecule has 0 aliphatic carbocycles. The van der Waals surface area contributed by atoms with E-state index in [2.05, 4.69) is 18.1 Å². The van der Waals surface area contributed by atoms with Crippen LogP contribution in [0.1, 0.15) is 0 Å². The van der Waals surface area contributed by atoms with Gasteiger partial charge in [0.05, 0.1) is 12.5 Å². The lowest BCUT2D eigenvalue weighted by molar-refractivity contribution is 0.410. The summed E-state index contributed by atoms with van der Waals surface area (Å²) in [5.74, 6) is 0.785. The third-order valence-corrected chi connectivity index (χ3v) is 1.76. The summed E-state index contributed by atoms with van der Waals surface area (Å²) in [6.45, 7) is 7.29. The van der Waals surface area contributed by atoms with Crippen molar-refractivity contribution in [3.8, 4) is 5.75 Å². The Morgan fingerprint density at radius 1 is 1.29 bits per heavy atom. The molecule has 1 heterocycles. The largest absolute Gasteiger partial charge is 0.496 e. The van der Waals surface area contributed by atoms with Crippen molar-refractivity contribution in [1.29, 1.82) is 0 Å². The minimum atomic E-state index is 0.785. The number of aromatic nitrogens is 1. The van der Waals surface area contributed by atoms with E-state index in [1.807, 2.05) is 18.2 Å². The topological polar surface area (TPSA) is 22.1 Å². The highest BCUT2D eigenvalue weighted by Crippen LogP contribution is 1.96. The molecule has 0 aromatic carbocycles. The third-order valence-electron chi connectivity index (χ3n) is 1.76. The van der Waals surface area contributed by atoms with Gasteiger partial charge < -0.3 is 4.74 Å². The molecule has 0 saturated carbocycles. The van der Waals surface area contributed by atoms with Crippen molar-refractivity contribution in [3.63, 3.8) is 0 Å². The first-order valence-corrected chi connectivity index (χ1v) is 4.28. The summed E-state index contributed by atoms with van der Waals surface area (Å²) in [4.78, 5) is 4.21. The molecule has 0 saturated heterocycles. The van der Waals surface area contributed by atoms with Gasteiger partial charge in [-0.3, -0.25) is 4.98 Å². The van der Waals surface area contributed by atoms with E-state index in [1.54, 1.807) is 25.5 Å². The van der Waals surface area contributed by atoms with Gasteiger partial charge in [0.25, 0.3) is 0 Å². The van der Waals surface area contributed by atoms with Crippen molar-refractivity contribution in [2.75, 3.05) is 7.11 Å². The minimum Gasteiger partial charge on any atom is -0.496 e. The second-order valence-corrected chi connectivity index (χ2v) is 2.62. The quantitative estimate of drug-likeness (QED) is 0.705. The zero-order chi connectivity index (χ0) is 10.4. The van der Waals surface area contributed by atoms with Gasteiger partial charge in [-0.05, 0) is 18.2 Å². The van der Waals surface area contributed by atoms with E-state index < -0.39 is 0 Å². The highest BCUT2D eigenvalue weighted by atomic mass is 16.5. The SMILES string of the molecule is C=C/C=c1/nccc(OC)/c1=C/C=C. The van der Waals surface area contributed by atoms with E-state index in [0.717, 1.165) is 16.3 Å². The number of hydrogen-bond acceptors (Lipinski definition) is 2. The number of nitrogens with zero attached hydrogens (tertiary/aromatic N) is 1. The van der Waals surface area contributed by atoms with Crippen molar-refractivity contribution in [2.45, 2.75) is 0 Å². The van der Waals surface area contributed by atoms with Gasteiger partial charge in [0.1, 0.15) is 5.75 Å². The highest BCUT2D eigenvalue weighted by molar-refractivity contribution is 5.44. The highest BCUT2D eigenvalue weighted by Gasteiger charge is 1.94. The molecule has 0 spiro atoms. The Kier molecular flexibility index (Phi) is 3.68. The summed E-state index contributed by atoms with van der Waals surface area (Å²) < 4.78 is 5.21. The van der Waals surface area contributed by atoms with Crippen LogP contribution in [0.4, 0.5) is 0 Å². The molecule has 2 nitrogen and oxygen atoms in total. The first kappa shape index (κ1) is 10.3. The maximum absolute atomic E-state index is 5.21. The number of hydrogen-bond donors (Lipinski definition) is 0. The Labute approximate surface area is 83.6 Å². The molecule has 0 unspecified atom stereocenters. The van der Waals surface area contributed by atoms with E-state index >= 15 is 0 Å². The fourth-order valence-corrected chi connectivity index (χ4v) is 1.18. The van der Waals surface area contributed by atoms with E-state index in [1.165, 1.54) is 0 Å². The Morgan fingerprint density at radius 2 is 2.00 bits per heavy atom. The third kappa shape index (κ3) is 2.10. The lowest BCUT2D eigenvalue weighted by Gasteiger charge is -1.99. The fourth-order valence-electron chi connectivity index (χ4n) is 1.18. The molecule has 14 heavy (non-hydrogen) atoms. The van der Waals surface area contributed by atoms with Gasteiger partial charge in [-0.2, -0.15) is 0 Å². The predicted octanol–water partition coefficient (Wildman–Crippen LogP) is 1.02. The molecule has 0 atom stereocenters. The van der Waals surface area contributed by atoms with Crippen molar-refractivity contribution < 1.29 is 4.74 Å². The minimum absolute atomic E-state index is 0.785. The molecule has 0 aliphatic rings. The summed E-state index contributed by atoms with van der Waals surface area (Å²) in [5.41, 5.74) is 0. The van der Waals surface area contributed by atoms with E-state index in [-0.39, 0.29) is 0 Å². The van der Waals surface area contributed by atoms with Crippen LogP contribution in [0.15, 0.2) is 37.6 Å². The van der Waals surface area contributed by atoms with Crippen molar-refractivity contribution >= 4 is 12.2 Å². The first-order chi connectivity index (χ1) is 6.83. The van der Waals surface area contributed by atoms with E-state index in [4.69, 9.17) is 4.74 Å². The maximum atomic E-state index is 5.21. The second kappa shape index (κ2) is 5.02. The monoisotopic (exact) mass is 187 g/mol. The Balaban J connectivity index is 3.60. The molecule has 1 aromatic heterocycles. The molecule has 0 fully saturated rings. The normalized spacial score (nSPS) is 12.6. The average Bonchev–Trinajstić information content (AvgIpc) is 2.21. The van der Waals surface area contributed by atoms with Crippen LogP contribution in [0, 0.1) is 0 Å².